The fraction of sp³-hybridized carbons (Fsp3) is 0.212. The molecule has 4 heteroatoms. The number of fused-ring (bicyclic) bond motifs is 2. The Kier molecular flexibility index (Phi) is 8.24. The Labute approximate surface area is 217 Å². The summed E-state index contributed by atoms with van der Waals surface area (Å²) in [6.07, 6.45) is -0.143. The third-order valence-electron chi connectivity index (χ3n) is 6.14. The Morgan fingerprint density at radius 3 is 1.46 bits per heavy atom. The van der Waals surface area contributed by atoms with Crippen LogP contribution in [0.4, 0.5) is 0 Å². The Balaban J connectivity index is 1.72. The van der Waals surface area contributed by atoms with Crippen LogP contribution < -0.4 is 0 Å². The van der Waals surface area contributed by atoms with Gasteiger partial charge < -0.3 is 9.47 Å². The molecule has 0 spiro atoms. The van der Waals surface area contributed by atoms with Crippen LogP contribution in [0.25, 0.3) is 21.5 Å². The second-order valence-corrected chi connectivity index (χ2v) is 8.53. The number of carbonyl (C=O) groups is 2. The van der Waals surface area contributed by atoms with E-state index >= 15 is 0 Å². The lowest BCUT2D eigenvalue weighted by molar-refractivity contribution is -0.171. The van der Waals surface area contributed by atoms with Gasteiger partial charge >= 0.3 is 11.9 Å². The monoisotopic (exact) mass is 488 g/mol. The van der Waals surface area contributed by atoms with E-state index in [4.69, 9.17) is 9.47 Å². The predicted octanol–water partition coefficient (Wildman–Crippen LogP) is 6.29. The van der Waals surface area contributed by atoms with E-state index in [2.05, 4.69) is 23.7 Å². The van der Waals surface area contributed by atoms with Gasteiger partial charge in [0.25, 0.3) is 0 Å². The molecule has 0 unspecified atom stereocenters. The Hall–Kier alpha value is -4.54. The second kappa shape index (κ2) is 11.9. The molecule has 4 rings (SSSR count). The zero-order chi connectivity index (χ0) is 26.1. The highest BCUT2D eigenvalue weighted by atomic mass is 16.6. The summed E-state index contributed by atoms with van der Waals surface area (Å²) < 4.78 is 10.7. The zero-order valence-corrected chi connectivity index (χ0v) is 21.0. The van der Waals surface area contributed by atoms with Gasteiger partial charge in [-0.1, -0.05) is 96.5 Å². The fourth-order valence-electron chi connectivity index (χ4n) is 4.22. The number of hydrogen-bond donors (Lipinski definition) is 0. The lowest BCUT2D eigenvalue weighted by Gasteiger charge is -2.25. The molecule has 0 aliphatic rings. The minimum Gasteiger partial charge on any atom is -0.465 e. The van der Waals surface area contributed by atoms with Gasteiger partial charge in [0, 0.05) is 24.0 Å². The van der Waals surface area contributed by atoms with E-state index in [1.165, 1.54) is 0 Å². The van der Waals surface area contributed by atoms with Gasteiger partial charge in [0.2, 0.25) is 0 Å². The van der Waals surface area contributed by atoms with Crippen molar-refractivity contribution < 1.29 is 19.1 Å². The molecule has 0 aliphatic carbocycles. The molecule has 4 aromatic carbocycles. The molecule has 4 nitrogen and oxygen atoms in total. The van der Waals surface area contributed by atoms with Crippen LogP contribution in [0.5, 0.6) is 0 Å². The van der Waals surface area contributed by atoms with Crippen molar-refractivity contribution in [3.63, 3.8) is 0 Å². The molecular weight excluding hydrogens is 460 g/mol. The molecular formula is C33H28O4. The maximum absolute atomic E-state index is 13.2. The summed E-state index contributed by atoms with van der Waals surface area (Å²) in [6, 6.07) is 27.6. The van der Waals surface area contributed by atoms with E-state index in [9.17, 15) is 9.59 Å². The van der Waals surface area contributed by atoms with Crippen LogP contribution in [0.15, 0.2) is 84.9 Å². The summed E-state index contributed by atoms with van der Waals surface area (Å²) in [6.45, 7) is 3.68. The van der Waals surface area contributed by atoms with Crippen LogP contribution in [-0.4, -0.2) is 25.2 Å². The third-order valence-corrected chi connectivity index (χ3v) is 6.14. The van der Waals surface area contributed by atoms with Crippen molar-refractivity contribution in [3.8, 4) is 23.7 Å². The van der Waals surface area contributed by atoms with Crippen molar-refractivity contribution >= 4 is 33.5 Å². The Bertz CT molecular complexity index is 1430. The van der Waals surface area contributed by atoms with Gasteiger partial charge in [-0.15, -0.1) is 0 Å². The first-order valence-electron chi connectivity index (χ1n) is 12.4. The number of benzene rings is 4. The predicted molar refractivity (Wildman–Crippen MR) is 147 cm³/mol. The van der Waals surface area contributed by atoms with Gasteiger partial charge in [-0.3, -0.25) is 9.59 Å². The van der Waals surface area contributed by atoms with Crippen LogP contribution in [0, 0.1) is 29.1 Å². The maximum Gasteiger partial charge on any atom is 0.325 e. The van der Waals surface area contributed by atoms with Gasteiger partial charge in [-0.2, -0.15) is 0 Å². The van der Waals surface area contributed by atoms with Gasteiger partial charge in [0.15, 0.2) is 5.41 Å². The molecule has 0 amide bonds. The minimum absolute atomic E-state index is 0.0713. The third kappa shape index (κ3) is 5.66. The molecule has 0 atom stereocenters. The highest BCUT2D eigenvalue weighted by Gasteiger charge is 2.48. The van der Waals surface area contributed by atoms with Crippen LogP contribution in [0.3, 0.4) is 0 Å². The van der Waals surface area contributed by atoms with Crippen molar-refractivity contribution in [2.75, 3.05) is 13.2 Å². The summed E-state index contributed by atoms with van der Waals surface area (Å²) in [4.78, 5) is 26.5. The summed E-state index contributed by atoms with van der Waals surface area (Å²) in [5, 5.41) is 4.15. The van der Waals surface area contributed by atoms with Crippen molar-refractivity contribution in [3.05, 3.63) is 96.1 Å². The van der Waals surface area contributed by atoms with Crippen molar-refractivity contribution in [1.82, 2.24) is 0 Å². The van der Waals surface area contributed by atoms with Gasteiger partial charge in [-0.25, -0.2) is 0 Å². The van der Waals surface area contributed by atoms with E-state index in [-0.39, 0.29) is 26.1 Å². The molecule has 0 saturated heterocycles. The molecule has 0 N–H and O–H groups in total. The van der Waals surface area contributed by atoms with Crippen LogP contribution in [-0.2, 0) is 19.1 Å². The lowest BCUT2D eigenvalue weighted by atomic mass is 9.81. The molecule has 0 fully saturated rings. The first kappa shape index (κ1) is 25.5. The van der Waals surface area contributed by atoms with Gasteiger partial charge in [0.1, 0.15) is 0 Å². The number of carbonyl (C=O) groups excluding carboxylic acids is 2. The standard InChI is InChI=1S/C33H28O4/c1-3-36-31(34)33(32(35)37-4-2,23-11-19-27-17-9-15-25-13-5-7-21-29(25)27)24-12-20-28-18-10-16-26-14-6-8-22-30(26)28/h5-10,13-18,21-22H,3-4,23-24H2,1-2H3. The first-order valence-corrected chi connectivity index (χ1v) is 12.4. The van der Waals surface area contributed by atoms with Crippen molar-refractivity contribution in [2.24, 2.45) is 5.41 Å². The highest BCUT2D eigenvalue weighted by Crippen LogP contribution is 2.31. The van der Waals surface area contributed by atoms with Gasteiger partial charge in [-0.05, 0) is 47.5 Å². The molecule has 4 aromatic rings. The molecule has 0 saturated carbocycles. The van der Waals surface area contributed by atoms with E-state index in [0.717, 1.165) is 32.7 Å². The van der Waals surface area contributed by atoms with Crippen LogP contribution >= 0.6 is 0 Å². The van der Waals surface area contributed by atoms with E-state index < -0.39 is 17.4 Å². The fourth-order valence-corrected chi connectivity index (χ4v) is 4.22. The summed E-state index contributed by atoms with van der Waals surface area (Å²) in [5.74, 6) is 11.1. The molecule has 0 aromatic heterocycles. The largest absolute Gasteiger partial charge is 0.465 e. The molecule has 0 heterocycles. The van der Waals surface area contributed by atoms with Crippen LogP contribution in [0.2, 0.25) is 0 Å². The Morgan fingerprint density at radius 1 is 0.622 bits per heavy atom. The average Bonchev–Trinajstić information content (AvgIpc) is 2.92. The minimum atomic E-state index is -1.65. The maximum atomic E-state index is 13.2. The van der Waals surface area contributed by atoms with Crippen molar-refractivity contribution in [1.29, 1.82) is 0 Å². The topological polar surface area (TPSA) is 52.6 Å². The van der Waals surface area contributed by atoms with E-state index in [1.807, 2.05) is 84.9 Å². The summed E-state index contributed by atoms with van der Waals surface area (Å²) >= 11 is 0. The molecule has 184 valence electrons. The molecule has 0 bridgehead atoms. The Morgan fingerprint density at radius 2 is 1.03 bits per heavy atom. The number of ether oxygens (including phenoxy) is 2. The van der Waals surface area contributed by atoms with Gasteiger partial charge in [0.05, 0.1) is 13.2 Å². The van der Waals surface area contributed by atoms with Crippen molar-refractivity contribution in [2.45, 2.75) is 26.7 Å². The lowest BCUT2D eigenvalue weighted by Crippen LogP contribution is -2.41. The number of esters is 2. The molecule has 0 aliphatic heterocycles. The molecule has 0 radical (unpaired) electrons. The summed E-state index contributed by atoms with van der Waals surface area (Å²) in [5.41, 5.74) is -0.00983. The number of hydrogen-bond acceptors (Lipinski definition) is 4. The smallest absolute Gasteiger partial charge is 0.325 e. The van der Waals surface area contributed by atoms with E-state index in [1.54, 1.807) is 13.8 Å². The average molecular weight is 489 g/mol. The normalized spacial score (nSPS) is 10.6. The SMILES string of the molecule is CCOC(=O)C(CC#Cc1cccc2ccccc12)(CC#Cc1cccc2ccccc12)C(=O)OCC. The highest BCUT2D eigenvalue weighted by molar-refractivity contribution is 6.01. The molecule has 37 heavy (non-hydrogen) atoms. The number of rotatable bonds is 6. The van der Waals surface area contributed by atoms with Crippen LogP contribution in [0.1, 0.15) is 37.8 Å². The first-order chi connectivity index (χ1) is 18.1. The van der Waals surface area contributed by atoms with E-state index in [0.29, 0.717) is 0 Å². The second-order valence-electron chi connectivity index (χ2n) is 8.53. The zero-order valence-electron chi connectivity index (χ0n) is 21.0. The quantitative estimate of drug-likeness (QED) is 0.182. The summed E-state index contributed by atoms with van der Waals surface area (Å²) in [7, 11) is 0.